The lowest BCUT2D eigenvalue weighted by molar-refractivity contribution is 0.00491. The molecule has 25 heavy (non-hydrogen) atoms. The van der Waals surface area contributed by atoms with Gasteiger partial charge in [-0.05, 0) is 47.5 Å². The van der Waals surface area contributed by atoms with Crippen molar-refractivity contribution in [1.29, 1.82) is 0 Å². The van der Waals surface area contributed by atoms with Crippen molar-refractivity contribution >= 4 is 23.5 Å². The van der Waals surface area contributed by atoms with Crippen molar-refractivity contribution < 1.29 is 19.1 Å². The summed E-state index contributed by atoms with van der Waals surface area (Å²) in [6.45, 7) is 9.47. The molecule has 0 bridgehead atoms. The molecule has 2 amide bonds. The van der Waals surface area contributed by atoms with Crippen molar-refractivity contribution in [2.24, 2.45) is 0 Å². The Kier molecular flexibility index (Phi) is 6.26. The molecule has 7 nitrogen and oxygen atoms in total. The normalized spacial score (nSPS) is 21.1. The largest absolute Gasteiger partial charge is 0.447 e. The molecule has 1 fully saturated rings. The number of aromatic nitrogens is 1. The minimum absolute atomic E-state index is 0.131. The van der Waals surface area contributed by atoms with Gasteiger partial charge in [0.2, 0.25) is 0 Å². The number of ether oxygens (including phenoxy) is 2. The molecule has 1 aromatic rings. The van der Waals surface area contributed by atoms with E-state index in [2.05, 4.69) is 10.3 Å². The summed E-state index contributed by atoms with van der Waals surface area (Å²) >= 11 is 1.52. The number of piperidine rings is 1. The fourth-order valence-corrected chi connectivity index (χ4v) is 3.47. The molecule has 0 spiro atoms. The second kappa shape index (κ2) is 8.03. The van der Waals surface area contributed by atoms with Gasteiger partial charge in [-0.15, -0.1) is 11.3 Å². The van der Waals surface area contributed by atoms with Gasteiger partial charge in [0.15, 0.2) is 0 Å². The van der Waals surface area contributed by atoms with Crippen LogP contribution in [0, 0.1) is 0 Å². The lowest BCUT2D eigenvalue weighted by Crippen LogP contribution is -2.52. The molecule has 1 aliphatic heterocycles. The highest BCUT2D eigenvalue weighted by Gasteiger charge is 2.37. The number of rotatable bonds is 3. The zero-order valence-corrected chi connectivity index (χ0v) is 16.3. The first-order valence-electron chi connectivity index (χ1n) is 8.52. The predicted octanol–water partition coefficient (Wildman–Crippen LogP) is 3.72. The molecule has 1 N–H and O–H groups in total. The van der Waals surface area contributed by atoms with Crippen molar-refractivity contribution in [3.63, 3.8) is 0 Å². The summed E-state index contributed by atoms with van der Waals surface area (Å²) in [5.74, 6) is 0. The topological polar surface area (TPSA) is 80.8 Å². The van der Waals surface area contributed by atoms with E-state index in [1.165, 1.54) is 11.3 Å². The number of amides is 2. The van der Waals surface area contributed by atoms with Crippen LogP contribution in [0.4, 0.5) is 9.59 Å². The average Bonchev–Trinajstić information content (AvgIpc) is 2.98. The molecule has 0 aromatic carbocycles. The molecule has 1 unspecified atom stereocenters. The van der Waals surface area contributed by atoms with Crippen LogP contribution in [0.25, 0.3) is 0 Å². The summed E-state index contributed by atoms with van der Waals surface area (Å²) < 4.78 is 10.7. The van der Waals surface area contributed by atoms with Crippen LogP contribution >= 0.6 is 11.3 Å². The van der Waals surface area contributed by atoms with Crippen LogP contribution in [0.15, 0.2) is 11.6 Å². The average molecular weight is 369 g/mol. The Labute approximate surface area is 152 Å². The molecule has 0 aliphatic carbocycles. The number of hydrogen-bond donors (Lipinski definition) is 1. The standard InChI is InChI=1S/C17H27N3O4S/c1-11(2)23-15(21)19-12-6-7-13(14-18-8-9-25-14)20(10-12)16(22)24-17(3,4)5/h8-9,11-13H,6-7,10H2,1-5H3,(H,19,21)/t12?,13-/m0/s1. The Morgan fingerprint density at radius 2 is 2.08 bits per heavy atom. The van der Waals surface area contributed by atoms with E-state index >= 15 is 0 Å². The Balaban J connectivity index is 2.09. The molecule has 2 rings (SSSR count). The smallest absolute Gasteiger partial charge is 0.410 e. The number of carbonyl (C=O) groups is 2. The van der Waals surface area contributed by atoms with Gasteiger partial charge in [-0.1, -0.05) is 0 Å². The third kappa shape index (κ3) is 5.88. The van der Waals surface area contributed by atoms with Gasteiger partial charge in [0.1, 0.15) is 10.6 Å². The van der Waals surface area contributed by atoms with Crippen molar-refractivity contribution in [3.8, 4) is 0 Å². The molecule has 8 heteroatoms. The van der Waals surface area contributed by atoms with Gasteiger partial charge in [0.05, 0.1) is 18.2 Å². The summed E-state index contributed by atoms with van der Waals surface area (Å²) in [4.78, 5) is 30.5. The van der Waals surface area contributed by atoms with Crippen LogP contribution in [0.5, 0.6) is 0 Å². The van der Waals surface area contributed by atoms with Crippen LogP contribution in [-0.4, -0.2) is 46.4 Å². The van der Waals surface area contributed by atoms with Crippen molar-refractivity contribution in [3.05, 3.63) is 16.6 Å². The maximum absolute atomic E-state index is 12.7. The highest BCUT2D eigenvalue weighted by molar-refractivity contribution is 7.09. The first-order valence-corrected chi connectivity index (χ1v) is 9.40. The van der Waals surface area contributed by atoms with Crippen LogP contribution in [0.3, 0.4) is 0 Å². The number of thiazole rings is 1. The number of nitrogens with zero attached hydrogens (tertiary/aromatic N) is 2. The van der Waals surface area contributed by atoms with Gasteiger partial charge < -0.3 is 14.8 Å². The van der Waals surface area contributed by atoms with E-state index in [1.807, 2.05) is 26.2 Å². The first kappa shape index (κ1) is 19.5. The molecule has 1 saturated heterocycles. The van der Waals surface area contributed by atoms with Crippen LogP contribution < -0.4 is 5.32 Å². The quantitative estimate of drug-likeness (QED) is 0.878. The lowest BCUT2D eigenvalue weighted by Gasteiger charge is -2.39. The highest BCUT2D eigenvalue weighted by Crippen LogP contribution is 2.33. The molecular formula is C17H27N3O4S. The van der Waals surface area contributed by atoms with Crippen molar-refractivity contribution in [1.82, 2.24) is 15.2 Å². The van der Waals surface area contributed by atoms with Gasteiger partial charge in [0, 0.05) is 18.1 Å². The van der Waals surface area contributed by atoms with Gasteiger partial charge in [-0.2, -0.15) is 0 Å². The minimum atomic E-state index is -0.582. The number of alkyl carbamates (subject to hydrolysis) is 1. The van der Waals surface area contributed by atoms with Crippen LogP contribution in [0.2, 0.25) is 0 Å². The summed E-state index contributed by atoms with van der Waals surface area (Å²) in [5.41, 5.74) is -0.582. The number of hydrogen-bond acceptors (Lipinski definition) is 6. The zero-order valence-electron chi connectivity index (χ0n) is 15.4. The highest BCUT2D eigenvalue weighted by atomic mass is 32.1. The summed E-state index contributed by atoms with van der Waals surface area (Å²) in [6.07, 6.45) is 2.15. The van der Waals surface area contributed by atoms with E-state index in [1.54, 1.807) is 24.9 Å². The van der Waals surface area contributed by atoms with E-state index in [4.69, 9.17) is 9.47 Å². The van der Waals surface area contributed by atoms with E-state index in [9.17, 15) is 9.59 Å². The van der Waals surface area contributed by atoms with E-state index in [-0.39, 0.29) is 18.2 Å². The summed E-state index contributed by atoms with van der Waals surface area (Å²) in [7, 11) is 0. The third-order valence-corrected chi connectivity index (χ3v) is 4.49. The first-order chi connectivity index (χ1) is 11.7. The molecule has 0 saturated carbocycles. The molecule has 0 radical (unpaired) electrons. The Bertz CT molecular complexity index is 583. The van der Waals surface area contributed by atoms with Gasteiger partial charge in [-0.25, -0.2) is 14.6 Å². The maximum atomic E-state index is 12.7. The lowest BCUT2D eigenvalue weighted by atomic mass is 9.99. The molecule has 1 aliphatic rings. The predicted molar refractivity (Wildman–Crippen MR) is 95.6 cm³/mol. The minimum Gasteiger partial charge on any atom is -0.447 e. The number of carbonyl (C=O) groups excluding carboxylic acids is 2. The molecule has 1 aromatic heterocycles. The molecular weight excluding hydrogens is 342 g/mol. The monoisotopic (exact) mass is 369 g/mol. The second-order valence-electron chi connectivity index (χ2n) is 7.39. The summed E-state index contributed by atoms with van der Waals surface area (Å²) in [5, 5.41) is 5.62. The van der Waals surface area contributed by atoms with Gasteiger partial charge in [0.25, 0.3) is 0 Å². The maximum Gasteiger partial charge on any atom is 0.410 e. The third-order valence-electron chi connectivity index (χ3n) is 3.61. The molecule has 140 valence electrons. The van der Waals surface area contributed by atoms with E-state index < -0.39 is 17.8 Å². The van der Waals surface area contributed by atoms with Crippen molar-refractivity contribution in [2.75, 3.05) is 6.54 Å². The van der Waals surface area contributed by atoms with Crippen LogP contribution in [0.1, 0.15) is 58.5 Å². The van der Waals surface area contributed by atoms with E-state index in [0.29, 0.717) is 13.0 Å². The van der Waals surface area contributed by atoms with Gasteiger partial charge in [-0.3, -0.25) is 4.90 Å². The number of likely N-dealkylation sites (tertiary alicyclic amines) is 1. The fourth-order valence-electron chi connectivity index (χ4n) is 2.68. The Morgan fingerprint density at radius 3 is 2.64 bits per heavy atom. The number of nitrogens with one attached hydrogen (secondary N) is 1. The zero-order chi connectivity index (χ0) is 18.6. The van der Waals surface area contributed by atoms with Gasteiger partial charge >= 0.3 is 12.2 Å². The Morgan fingerprint density at radius 1 is 1.36 bits per heavy atom. The van der Waals surface area contributed by atoms with Crippen molar-refractivity contribution in [2.45, 2.75) is 71.2 Å². The molecule has 2 heterocycles. The Hall–Kier alpha value is -1.83. The molecule has 2 atom stereocenters. The SMILES string of the molecule is CC(C)OC(=O)NC1CC[C@@H](c2nccs2)N(C(=O)OC(C)(C)C)C1. The second-order valence-corrected chi connectivity index (χ2v) is 8.32. The summed E-state index contributed by atoms with van der Waals surface area (Å²) in [6, 6.07) is -0.302. The van der Waals surface area contributed by atoms with Crippen LogP contribution in [-0.2, 0) is 9.47 Å². The fraction of sp³-hybridized carbons (Fsp3) is 0.706. The van der Waals surface area contributed by atoms with E-state index in [0.717, 1.165) is 11.4 Å².